The van der Waals surface area contributed by atoms with Crippen molar-refractivity contribution >= 4 is 11.8 Å². The standard InChI is InChI=1S/C30H42N4O2.2BrH/c1-33(21-25-5-9-27(10-6-25)29(31)35)17-13-23(14-18-33)3-4-24-15-19-34(2,20-16-24)22-26-7-11-28(12-8-26)30(32)36;;/h5-12,23-24H,3-4,13-22H2,1-2H3,(H2-2,31,32,35,36);2*1H. The number of carbonyl (C=O) groups excluding carboxylic acids is 2. The van der Waals surface area contributed by atoms with E-state index < -0.39 is 0 Å². The average Bonchev–Trinajstić information content (AvgIpc) is 2.85. The summed E-state index contributed by atoms with van der Waals surface area (Å²) in [5.74, 6) is 1.00. The molecular weight excluding hydrogens is 608 g/mol. The molecule has 0 unspecified atom stereocenters. The zero-order valence-corrected chi connectivity index (χ0v) is 26.1. The van der Waals surface area contributed by atoms with Crippen molar-refractivity contribution in [1.29, 1.82) is 0 Å². The number of primary amides is 2. The van der Waals surface area contributed by atoms with Crippen molar-refractivity contribution in [1.82, 2.24) is 0 Å². The predicted molar refractivity (Wildman–Crippen MR) is 144 cm³/mol. The zero-order chi connectivity index (χ0) is 25.8. The van der Waals surface area contributed by atoms with Crippen LogP contribution in [0.15, 0.2) is 48.5 Å². The monoisotopic (exact) mass is 650 g/mol. The number of benzene rings is 2. The van der Waals surface area contributed by atoms with Gasteiger partial charge in [-0.15, -0.1) is 0 Å². The first-order chi connectivity index (χ1) is 17.1. The molecule has 2 fully saturated rings. The fourth-order valence-electron chi connectivity index (χ4n) is 6.28. The Hall–Kier alpha value is -1.74. The summed E-state index contributed by atoms with van der Waals surface area (Å²) in [6, 6.07) is 15.6. The minimum Gasteiger partial charge on any atom is -1.00 e. The Balaban J connectivity index is 0.00000253. The van der Waals surface area contributed by atoms with Crippen molar-refractivity contribution in [3.05, 3.63) is 70.8 Å². The maximum Gasteiger partial charge on any atom is 0.248 e. The van der Waals surface area contributed by atoms with Crippen LogP contribution < -0.4 is 45.4 Å². The molecule has 6 nitrogen and oxygen atoms in total. The third kappa shape index (κ3) is 8.90. The maximum atomic E-state index is 11.3. The number of piperidine rings is 2. The van der Waals surface area contributed by atoms with Crippen LogP contribution in [0.2, 0.25) is 0 Å². The van der Waals surface area contributed by atoms with Gasteiger partial charge < -0.3 is 54.4 Å². The van der Waals surface area contributed by atoms with Gasteiger partial charge in [-0.25, -0.2) is 0 Å². The molecule has 2 saturated heterocycles. The quantitative estimate of drug-likeness (QED) is 0.310. The van der Waals surface area contributed by atoms with Crippen molar-refractivity contribution < 1.29 is 52.5 Å². The van der Waals surface area contributed by atoms with E-state index in [1.54, 1.807) is 0 Å². The molecule has 0 saturated carbocycles. The Morgan fingerprint density at radius 1 is 0.632 bits per heavy atom. The summed E-state index contributed by atoms with van der Waals surface area (Å²) in [5, 5.41) is 0. The van der Waals surface area contributed by atoms with Gasteiger partial charge in [-0.1, -0.05) is 24.3 Å². The summed E-state index contributed by atoms with van der Waals surface area (Å²) in [5.41, 5.74) is 14.5. The van der Waals surface area contributed by atoms with E-state index in [0.717, 1.165) is 33.9 Å². The van der Waals surface area contributed by atoms with E-state index in [1.165, 1.54) is 75.8 Å². The van der Waals surface area contributed by atoms with Crippen LogP contribution in [0.3, 0.4) is 0 Å². The number of hydrogen-bond acceptors (Lipinski definition) is 2. The molecule has 4 rings (SSSR count). The largest absolute Gasteiger partial charge is 1.00 e. The van der Waals surface area contributed by atoms with Gasteiger partial charge in [-0.3, -0.25) is 9.59 Å². The molecule has 0 spiro atoms. The van der Waals surface area contributed by atoms with Gasteiger partial charge in [0.05, 0.1) is 40.3 Å². The number of nitrogens with two attached hydrogens (primary N) is 2. The summed E-state index contributed by atoms with van der Waals surface area (Å²) < 4.78 is 2.18. The Morgan fingerprint density at radius 3 is 1.18 bits per heavy atom. The van der Waals surface area contributed by atoms with E-state index in [1.807, 2.05) is 24.3 Å². The number of quaternary nitrogens is 2. The molecule has 2 amide bonds. The average molecular weight is 653 g/mol. The van der Waals surface area contributed by atoms with E-state index in [4.69, 9.17) is 11.5 Å². The maximum absolute atomic E-state index is 11.3. The Kier molecular flexibility index (Phi) is 12.0. The second kappa shape index (κ2) is 14.1. The zero-order valence-electron chi connectivity index (χ0n) is 22.9. The van der Waals surface area contributed by atoms with Gasteiger partial charge >= 0.3 is 0 Å². The molecule has 2 heterocycles. The molecule has 0 aliphatic carbocycles. The van der Waals surface area contributed by atoms with Gasteiger partial charge in [0.25, 0.3) is 0 Å². The Morgan fingerprint density at radius 2 is 0.921 bits per heavy atom. The summed E-state index contributed by atoms with van der Waals surface area (Å²) in [7, 11) is 4.75. The van der Waals surface area contributed by atoms with Crippen LogP contribution in [-0.2, 0) is 13.1 Å². The molecular formula is C30H44Br2N4O2. The SMILES string of the molecule is C[N+]1(Cc2ccc(C(N)=O)cc2)CCC(CCC2CC[N+](C)(Cc3ccc(C(N)=O)cc3)CC2)CC1.[Br-].[Br-]. The molecule has 0 radical (unpaired) electrons. The number of amides is 2. The van der Waals surface area contributed by atoms with Crippen molar-refractivity contribution in [3.8, 4) is 0 Å². The third-order valence-electron chi connectivity index (χ3n) is 8.90. The molecule has 2 aliphatic rings. The minimum atomic E-state index is -0.361. The number of rotatable bonds is 9. The van der Waals surface area contributed by atoms with Gasteiger partial charge in [-0.2, -0.15) is 0 Å². The van der Waals surface area contributed by atoms with E-state index in [-0.39, 0.29) is 45.8 Å². The normalized spacial score (nSPS) is 27.0. The van der Waals surface area contributed by atoms with Crippen molar-refractivity contribution in [2.75, 3.05) is 40.3 Å². The first-order valence-corrected chi connectivity index (χ1v) is 13.6. The molecule has 4 N–H and O–H groups in total. The molecule has 2 aromatic carbocycles. The van der Waals surface area contributed by atoms with Gasteiger partial charge in [0.2, 0.25) is 11.8 Å². The number of hydrogen-bond donors (Lipinski definition) is 2. The van der Waals surface area contributed by atoms with E-state index in [9.17, 15) is 9.59 Å². The highest BCUT2D eigenvalue weighted by Crippen LogP contribution is 2.32. The summed E-state index contributed by atoms with van der Waals surface area (Å²) in [6.07, 6.45) is 8.01. The lowest BCUT2D eigenvalue weighted by Gasteiger charge is -2.42. The van der Waals surface area contributed by atoms with Crippen LogP contribution in [0.1, 0.15) is 70.4 Å². The van der Waals surface area contributed by atoms with Gasteiger partial charge in [0, 0.05) is 22.3 Å². The van der Waals surface area contributed by atoms with Crippen molar-refractivity contribution in [2.45, 2.75) is 51.6 Å². The van der Waals surface area contributed by atoms with Crippen LogP contribution in [0.5, 0.6) is 0 Å². The summed E-state index contributed by atoms with van der Waals surface area (Å²) in [4.78, 5) is 22.6. The summed E-state index contributed by atoms with van der Waals surface area (Å²) >= 11 is 0. The minimum absolute atomic E-state index is 0. The molecule has 210 valence electrons. The lowest BCUT2D eigenvalue weighted by atomic mass is 9.84. The molecule has 0 atom stereocenters. The topological polar surface area (TPSA) is 86.2 Å². The van der Waals surface area contributed by atoms with E-state index in [0.29, 0.717) is 11.1 Å². The van der Waals surface area contributed by atoms with Crippen LogP contribution in [0, 0.1) is 11.8 Å². The second-order valence-corrected chi connectivity index (χ2v) is 12.0. The second-order valence-electron chi connectivity index (χ2n) is 12.0. The van der Waals surface area contributed by atoms with E-state index in [2.05, 4.69) is 38.4 Å². The van der Waals surface area contributed by atoms with E-state index >= 15 is 0 Å². The van der Waals surface area contributed by atoms with Gasteiger partial charge in [0.15, 0.2) is 0 Å². The first kappa shape index (κ1) is 32.5. The van der Waals surface area contributed by atoms with Crippen molar-refractivity contribution in [2.24, 2.45) is 23.3 Å². The smallest absolute Gasteiger partial charge is 0.248 e. The fourth-order valence-corrected chi connectivity index (χ4v) is 6.28. The Bertz CT molecular complexity index is 957. The highest BCUT2D eigenvalue weighted by atomic mass is 79.9. The van der Waals surface area contributed by atoms with Crippen LogP contribution >= 0.6 is 0 Å². The van der Waals surface area contributed by atoms with Crippen LogP contribution in [0.4, 0.5) is 0 Å². The number of likely N-dealkylation sites (tertiary alicyclic amines) is 2. The van der Waals surface area contributed by atoms with Gasteiger partial charge in [0.1, 0.15) is 13.1 Å². The first-order valence-electron chi connectivity index (χ1n) is 13.6. The van der Waals surface area contributed by atoms with Crippen LogP contribution in [-0.4, -0.2) is 61.1 Å². The molecule has 8 heteroatoms. The Labute approximate surface area is 249 Å². The number of nitrogens with zero attached hydrogens (tertiary/aromatic N) is 2. The highest BCUT2D eigenvalue weighted by molar-refractivity contribution is 5.93. The molecule has 38 heavy (non-hydrogen) atoms. The molecule has 2 aliphatic heterocycles. The lowest BCUT2D eigenvalue weighted by molar-refractivity contribution is -0.928. The van der Waals surface area contributed by atoms with Crippen molar-refractivity contribution in [3.63, 3.8) is 0 Å². The molecule has 0 bridgehead atoms. The highest BCUT2D eigenvalue weighted by Gasteiger charge is 2.33. The fraction of sp³-hybridized carbons (Fsp3) is 0.533. The van der Waals surface area contributed by atoms with Crippen LogP contribution in [0.25, 0.3) is 0 Å². The molecule has 2 aromatic rings. The molecule has 0 aromatic heterocycles. The summed E-state index contributed by atoms with van der Waals surface area (Å²) in [6.45, 7) is 6.98. The lowest BCUT2D eigenvalue weighted by Crippen LogP contribution is -3.00. The third-order valence-corrected chi connectivity index (χ3v) is 8.90. The number of carbonyl (C=O) groups is 2. The van der Waals surface area contributed by atoms with Gasteiger partial charge in [-0.05, 0) is 74.6 Å². The number of halogens is 2. The predicted octanol–water partition coefficient (Wildman–Crippen LogP) is -1.91.